The monoisotopic (exact) mass is 429 g/mol. The third kappa shape index (κ3) is 4.72. The molecule has 166 valence electrons. The van der Waals surface area contributed by atoms with Gasteiger partial charge in [-0.05, 0) is 54.5 Å². The van der Waals surface area contributed by atoms with Gasteiger partial charge in [0.15, 0.2) is 5.78 Å². The van der Waals surface area contributed by atoms with Crippen LogP contribution < -0.4 is 0 Å². The SMILES string of the molecule is Cc1c(C(=O)Cc2ccc(C3CCC(=O)CC3)nc2)cnn1-c1ccc(C(C)(C)C)cc1. The number of carbonyl (C=O) groups is 2. The molecule has 0 spiro atoms. The topological polar surface area (TPSA) is 64.8 Å². The summed E-state index contributed by atoms with van der Waals surface area (Å²) in [6.07, 6.45) is 6.80. The third-order valence-corrected chi connectivity index (χ3v) is 6.46. The maximum absolute atomic E-state index is 13.0. The predicted octanol–water partition coefficient (Wildman–Crippen LogP) is 5.53. The van der Waals surface area contributed by atoms with Crippen LogP contribution >= 0.6 is 0 Å². The van der Waals surface area contributed by atoms with E-state index in [9.17, 15) is 9.59 Å². The van der Waals surface area contributed by atoms with Crippen molar-refractivity contribution in [3.05, 3.63) is 76.9 Å². The molecule has 32 heavy (non-hydrogen) atoms. The standard InChI is InChI=1S/C27H31N3O2/c1-18-24(17-29-30(18)22-10-8-21(9-11-22)27(2,3)4)26(32)15-19-5-14-25(28-16-19)20-6-12-23(31)13-7-20/h5,8-11,14,16-17,20H,6-7,12-13,15H2,1-4H3. The van der Waals surface area contributed by atoms with Gasteiger partial charge < -0.3 is 0 Å². The van der Waals surface area contributed by atoms with Gasteiger partial charge in [-0.2, -0.15) is 5.10 Å². The summed E-state index contributed by atoms with van der Waals surface area (Å²) in [7, 11) is 0. The van der Waals surface area contributed by atoms with Gasteiger partial charge in [0.25, 0.3) is 0 Å². The number of nitrogens with zero attached hydrogens (tertiary/aromatic N) is 3. The van der Waals surface area contributed by atoms with Gasteiger partial charge in [-0.1, -0.05) is 39.0 Å². The van der Waals surface area contributed by atoms with Crippen molar-refractivity contribution in [1.82, 2.24) is 14.8 Å². The summed E-state index contributed by atoms with van der Waals surface area (Å²) < 4.78 is 1.82. The van der Waals surface area contributed by atoms with Crippen molar-refractivity contribution in [3.63, 3.8) is 0 Å². The van der Waals surface area contributed by atoms with Crippen LogP contribution in [0.15, 0.2) is 48.8 Å². The Kier molecular flexibility index (Phi) is 6.09. The Bertz CT molecular complexity index is 1110. The smallest absolute Gasteiger partial charge is 0.170 e. The number of ketones is 2. The van der Waals surface area contributed by atoms with Crippen molar-refractivity contribution < 1.29 is 9.59 Å². The first kappa shape index (κ1) is 22.1. The molecule has 4 rings (SSSR count). The van der Waals surface area contributed by atoms with E-state index in [0.717, 1.165) is 35.5 Å². The summed E-state index contributed by atoms with van der Waals surface area (Å²) in [4.78, 5) is 29.0. The molecular formula is C27H31N3O2. The van der Waals surface area contributed by atoms with Gasteiger partial charge in [0.05, 0.1) is 23.1 Å². The Hall–Kier alpha value is -3.08. The molecule has 1 aromatic carbocycles. The van der Waals surface area contributed by atoms with Crippen LogP contribution in [0.5, 0.6) is 0 Å². The van der Waals surface area contributed by atoms with Gasteiger partial charge in [0, 0.05) is 37.1 Å². The molecule has 2 heterocycles. The highest BCUT2D eigenvalue weighted by Crippen LogP contribution is 2.30. The van der Waals surface area contributed by atoms with Crippen molar-refractivity contribution in [2.24, 2.45) is 0 Å². The van der Waals surface area contributed by atoms with Gasteiger partial charge in [0.2, 0.25) is 0 Å². The highest BCUT2D eigenvalue weighted by atomic mass is 16.1. The Morgan fingerprint density at radius 1 is 1.03 bits per heavy atom. The fraction of sp³-hybridized carbons (Fsp3) is 0.407. The van der Waals surface area contributed by atoms with E-state index < -0.39 is 0 Å². The van der Waals surface area contributed by atoms with Crippen molar-refractivity contribution in [3.8, 4) is 5.69 Å². The molecule has 0 aliphatic heterocycles. The van der Waals surface area contributed by atoms with Gasteiger partial charge in [-0.25, -0.2) is 4.68 Å². The summed E-state index contributed by atoms with van der Waals surface area (Å²) in [6.45, 7) is 8.50. The van der Waals surface area contributed by atoms with E-state index in [1.54, 1.807) is 12.4 Å². The molecule has 0 unspecified atom stereocenters. The molecule has 3 aromatic rings. The normalized spacial score (nSPS) is 15.2. The second-order valence-corrected chi connectivity index (χ2v) is 9.86. The van der Waals surface area contributed by atoms with E-state index in [1.165, 1.54) is 5.56 Å². The van der Waals surface area contributed by atoms with E-state index in [2.05, 4.69) is 55.1 Å². The number of hydrogen-bond acceptors (Lipinski definition) is 4. The minimum Gasteiger partial charge on any atom is -0.300 e. The molecule has 1 saturated carbocycles. The molecule has 1 fully saturated rings. The van der Waals surface area contributed by atoms with Crippen LogP contribution in [0.1, 0.15) is 85.2 Å². The lowest BCUT2D eigenvalue weighted by molar-refractivity contribution is -0.120. The summed E-state index contributed by atoms with van der Waals surface area (Å²) in [5.41, 5.74) is 5.71. The quantitative estimate of drug-likeness (QED) is 0.501. The molecular weight excluding hydrogens is 398 g/mol. The van der Waals surface area contributed by atoms with Gasteiger partial charge in [0.1, 0.15) is 5.78 Å². The molecule has 0 saturated heterocycles. The number of pyridine rings is 1. The Morgan fingerprint density at radius 3 is 2.31 bits per heavy atom. The molecule has 0 atom stereocenters. The fourth-order valence-electron chi connectivity index (χ4n) is 4.34. The van der Waals surface area contributed by atoms with Gasteiger partial charge >= 0.3 is 0 Å². The number of benzene rings is 1. The molecule has 0 bridgehead atoms. The maximum Gasteiger partial charge on any atom is 0.170 e. The molecule has 1 aliphatic carbocycles. The maximum atomic E-state index is 13.0. The minimum atomic E-state index is 0.0397. The van der Waals surface area contributed by atoms with Crippen LogP contribution in [-0.4, -0.2) is 26.3 Å². The Balaban J connectivity index is 1.45. The zero-order valence-electron chi connectivity index (χ0n) is 19.4. The highest BCUT2D eigenvalue weighted by Gasteiger charge is 2.22. The van der Waals surface area contributed by atoms with Crippen molar-refractivity contribution in [2.75, 3.05) is 0 Å². The van der Waals surface area contributed by atoms with E-state index in [4.69, 9.17) is 0 Å². The van der Waals surface area contributed by atoms with Crippen LogP contribution in [0, 0.1) is 6.92 Å². The van der Waals surface area contributed by atoms with Crippen molar-refractivity contribution >= 4 is 11.6 Å². The lowest BCUT2D eigenvalue weighted by Gasteiger charge is -2.20. The van der Waals surface area contributed by atoms with Crippen LogP contribution in [0.25, 0.3) is 5.69 Å². The second-order valence-electron chi connectivity index (χ2n) is 9.86. The number of carbonyl (C=O) groups excluding carboxylic acids is 2. The molecule has 5 nitrogen and oxygen atoms in total. The zero-order valence-corrected chi connectivity index (χ0v) is 19.4. The molecule has 1 aliphatic rings. The highest BCUT2D eigenvalue weighted by molar-refractivity contribution is 5.98. The van der Waals surface area contributed by atoms with Crippen molar-refractivity contribution in [2.45, 2.75) is 71.1 Å². The van der Waals surface area contributed by atoms with E-state index in [-0.39, 0.29) is 11.2 Å². The van der Waals surface area contributed by atoms with Crippen LogP contribution in [0.4, 0.5) is 0 Å². The zero-order chi connectivity index (χ0) is 22.9. The summed E-state index contributed by atoms with van der Waals surface area (Å²) in [6, 6.07) is 12.3. The van der Waals surface area contributed by atoms with E-state index in [1.807, 2.05) is 23.7 Å². The second kappa shape index (κ2) is 8.81. The van der Waals surface area contributed by atoms with Gasteiger partial charge in [-0.3, -0.25) is 14.6 Å². The predicted molar refractivity (Wildman–Crippen MR) is 125 cm³/mol. The van der Waals surface area contributed by atoms with Gasteiger partial charge in [-0.15, -0.1) is 0 Å². The summed E-state index contributed by atoms with van der Waals surface area (Å²) in [5.74, 6) is 0.741. The molecule has 0 N–H and O–H groups in total. The van der Waals surface area contributed by atoms with E-state index >= 15 is 0 Å². The molecule has 2 aromatic heterocycles. The average Bonchev–Trinajstić information content (AvgIpc) is 3.16. The van der Waals surface area contributed by atoms with Crippen LogP contribution in [0.2, 0.25) is 0 Å². The Labute approximate surface area is 189 Å². The Morgan fingerprint density at radius 2 is 1.72 bits per heavy atom. The van der Waals surface area contributed by atoms with Crippen molar-refractivity contribution in [1.29, 1.82) is 0 Å². The number of Topliss-reactive ketones (excluding diaryl/α,β-unsaturated/α-hetero) is 2. The lowest BCUT2D eigenvalue weighted by atomic mass is 9.86. The van der Waals surface area contributed by atoms with E-state index in [0.29, 0.717) is 36.5 Å². The van der Waals surface area contributed by atoms with Crippen LogP contribution in [-0.2, 0) is 16.6 Å². The fourth-order valence-corrected chi connectivity index (χ4v) is 4.34. The lowest BCUT2D eigenvalue weighted by Crippen LogP contribution is -2.13. The summed E-state index contributed by atoms with van der Waals surface area (Å²) in [5, 5.41) is 4.47. The van der Waals surface area contributed by atoms with Crippen LogP contribution in [0.3, 0.4) is 0 Å². The first-order valence-electron chi connectivity index (χ1n) is 11.4. The molecule has 0 amide bonds. The average molecular weight is 430 g/mol. The number of hydrogen-bond donors (Lipinski definition) is 0. The number of rotatable bonds is 5. The molecule has 5 heteroatoms. The number of aromatic nitrogens is 3. The summed E-state index contributed by atoms with van der Waals surface area (Å²) >= 11 is 0. The first-order chi connectivity index (χ1) is 15.2. The third-order valence-electron chi connectivity index (χ3n) is 6.46. The first-order valence-corrected chi connectivity index (χ1v) is 11.4. The largest absolute Gasteiger partial charge is 0.300 e. The molecule has 0 radical (unpaired) electrons. The minimum absolute atomic E-state index is 0.0397.